The van der Waals surface area contributed by atoms with Gasteiger partial charge >= 0.3 is 5.97 Å². The molecule has 4 nitrogen and oxygen atoms in total. The Balaban J connectivity index is 2.07. The molecule has 0 aliphatic heterocycles. The molecule has 0 bridgehead atoms. The summed E-state index contributed by atoms with van der Waals surface area (Å²) in [4.78, 5) is 14.4. The Morgan fingerprint density at radius 1 is 1.41 bits per heavy atom. The Hall–Kier alpha value is -2.36. The first-order valence-electron chi connectivity index (χ1n) is 5.13. The number of carboxylic acid groups (broad SMARTS) is 1. The average Bonchev–Trinajstić information content (AvgIpc) is 2.34. The molecule has 0 unspecified atom stereocenters. The highest BCUT2D eigenvalue weighted by atomic mass is 16.5. The Kier molecular flexibility index (Phi) is 3.35. The maximum absolute atomic E-state index is 10.2. The third-order valence-electron chi connectivity index (χ3n) is 2.18. The molecule has 2 rings (SSSR count). The molecule has 0 aliphatic rings. The van der Waals surface area contributed by atoms with E-state index in [4.69, 9.17) is 9.84 Å². The first-order chi connectivity index (χ1) is 8.25. The van der Waals surface area contributed by atoms with Crippen LogP contribution in [0.3, 0.4) is 0 Å². The van der Waals surface area contributed by atoms with Crippen molar-refractivity contribution >= 4 is 16.9 Å². The van der Waals surface area contributed by atoms with Crippen LogP contribution in [0.25, 0.3) is 10.9 Å². The van der Waals surface area contributed by atoms with E-state index >= 15 is 0 Å². The number of fused-ring (bicyclic) bond motifs is 1. The number of aromatic nitrogens is 1. The van der Waals surface area contributed by atoms with Crippen molar-refractivity contribution in [2.24, 2.45) is 0 Å². The van der Waals surface area contributed by atoms with Crippen LogP contribution in [0.4, 0.5) is 0 Å². The lowest BCUT2D eigenvalue weighted by Gasteiger charge is -2.03. The molecule has 86 valence electrons. The second-order valence-corrected chi connectivity index (χ2v) is 3.41. The summed E-state index contributed by atoms with van der Waals surface area (Å²) in [6.45, 7) is 0.227. The van der Waals surface area contributed by atoms with E-state index in [1.807, 2.05) is 30.3 Å². The molecule has 1 heterocycles. The molecule has 17 heavy (non-hydrogen) atoms. The Morgan fingerprint density at radius 3 is 3.12 bits per heavy atom. The van der Waals surface area contributed by atoms with Crippen LogP contribution in [-0.2, 0) is 4.79 Å². The molecule has 2 aromatic rings. The Labute approximate surface area is 98.2 Å². The molecular formula is C13H11NO3. The van der Waals surface area contributed by atoms with Gasteiger partial charge in [-0.1, -0.05) is 6.07 Å². The van der Waals surface area contributed by atoms with Crippen LogP contribution < -0.4 is 4.74 Å². The monoisotopic (exact) mass is 229 g/mol. The van der Waals surface area contributed by atoms with Crippen molar-refractivity contribution in [3.8, 4) is 5.75 Å². The third-order valence-corrected chi connectivity index (χ3v) is 2.18. The van der Waals surface area contributed by atoms with Crippen molar-refractivity contribution in [2.45, 2.75) is 0 Å². The summed E-state index contributed by atoms with van der Waals surface area (Å²) in [6, 6.07) is 9.41. The number of aliphatic carboxylic acids is 1. The first-order valence-corrected chi connectivity index (χ1v) is 5.13. The van der Waals surface area contributed by atoms with Gasteiger partial charge in [0.1, 0.15) is 12.4 Å². The number of ether oxygens (including phenoxy) is 1. The highest BCUT2D eigenvalue weighted by Gasteiger charge is 1.96. The minimum Gasteiger partial charge on any atom is -0.489 e. The van der Waals surface area contributed by atoms with Gasteiger partial charge in [0.25, 0.3) is 0 Å². The van der Waals surface area contributed by atoms with Gasteiger partial charge in [-0.3, -0.25) is 4.98 Å². The molecule has 0 radical (unpaired) electrons. The average molecular weight is 229 g/mol. The molecule has 0 saturated heterocycles. The highest BCUT2D eigenvalue weighted by molar-refractivity contribution is 5.80. The Bertz CT molecular complexity index is 563. The minimum absolute atomic E-state index is 0.227. The van der Waals surface area contributed by atoms with E-state index in [2.05, 4.69) is 4.98 Å². The van der Waals surface area contributed by atoms with Crippen LogP contribution in [0.1, 0.15) is 0 Å². The number of pyridine rings is 1. The number of hydrogen-bond acceptors (Lipinski definition) is 3. The van der Waals surface area contributed by atoms with Gasteiger partial charge in [0.05, 0.1) is 5.52 Å². The summed E-state index contributed by atoms with van der Waals surface area (Å²) in [5.74, 6) is -0.306. The minimum atomic E-state index is -0.978. The van der Waals surface area contributed by atoms with Crippen LogP contribution >= 0.6 is 0 Å². The van der Waals surface area contributed by atoms with Crippen LogP contribution in [0.5, 0.6) is 5.75 Å². The van der Waals surface area contributed by atoms with Gasteiger partial charge in [-0.2, -0.15) is 0 Å². The topological polar surface area (TPSA) is 59.4 Å². The fourth-order valence-electron chi connectivity index (χ4n) is 1.43. The van der Waals surface area contributed by atoms with E-state index in [1.165, 1.54) is 6.08 Å². The molecular weight excluding hydrogens is 218 g/mol. The summed E-state index contributed by atoms with van der Waals surface area (Å²) in [5, 5.41) is 9.44. The molecule has 0 saturated carbocycles. The lowest BCUT2D eigenvalue weighted by Crippen LogP contribution is -1.95. The zero-order valence-electron chi connectivity index (χ0n) is 9.04. The normalized spacial score (nSPS) is 10.8. The quantitative estimate of drug-likeness (QED) is 0.817. The maximum atomic E-state index is 10.2. The van der Waals surface area contributed by atoms with Crippen molar-refractivity contribution in [1.82, 2.24) is 4.98 Å². The maximum Gasteiger partial charge on any atom is 0.328 e. The smallest absolute Gasteiger partial charge is 0.328 e. The van der Waals surface area contributed by atoms with E-state index in [0.29, 0.717) is 5.75 Å². The molecule has 0 spiro atoms. The number of carboxylic acids is 1. The van der Waals surface area contributed by atoms with Gasteiger partial charge in [-0.05, 0) is 24.3 Å². The molecule has 1 aromatic heterocycles. The van der Waals surface area contributed by atoms with E-state index in [9.17, 15) is 4.79 Å². The zero-order valence-corrected chi connectivity index (χ0v) is 9.04. The number of rotatable bonds is 4. The van der Waals surface area contributed by atoms with Crippen LogP contribution in [-0.4, -0.2) is 22.7 Å². The standard InChI is InChI=1S/C13H11NO3/c15-13(16)4-2-8-17-11-6-5-10-3-1-7-14-12(10)9-11/h1-7,9H,8H2,(H,15,16)/b4-2+. The van der Waals surface area contributed by atoms with Gasteiger partial charge in [0, 0.05) is 23.7 Å². The van der Waals surface area contributed by atoms with Gasteiger partial charge in [0.15, 0.2) is 0 Å². The summed E-state index contributed by atoms with van der Waals surface area (Å²) >= 11 is 0. The van der Waals surface area contributed by atoms with E-state index in [1.54, 1.807) is 6.20 Å². The second kappa shape index (κ2) is 5.12. The van der Waals surface area contributed by atoms with E-state index < -0.39 is 5.97 Å². The molecule has 0 atom stereocenters. The van der Waals surface area contributed by atoms with Gasteiger partial charge < -0.3 is 9.84 Å². The molecule has 1 N–H and O–H groups in total. The predicted molar refractivity (Wildman–Crippen MR) is 64.0 cm³/mol. The Morgan fingerprint density at radius 2 is 2.29 bits per heavy atom. The number of carbonyl (C=O) groups is 1. The lowest BCUT2D eigenvalue weighted by molar-refractivity contribution is -0.131. The van der Waals surface area contributed by atoms with E-state index in [-0.39, 0.29) is 6.61 Å². The van der Waals surface area contributed by atoms with Crippen LogP contribution in [0.15, 0.2) is 48.7 Å². The SMILES string of the molecule is O=C(O)/C=C/COc1ccc2cccnc2c1. The summed E-state index contributed by atoms with van der Waals surface area (Å²) in [7, 11) is 0. The van der Waals surface area contributed by atoms with Crippen LogP contribution in [0, 0.1) is 0 Å². The molecule has 0 amide bonds. The van der Waals surface area contributed by atoms with Crippen LogP contribution in [0.2, 0.25) is 0 Å². The molecule has 0 aliphatic carbocycles. The molecule has 1 aromatic carbocycles. The first kappa shape index (κ1) is 11.1. The summed E-state index contributed by atoms with van der Waals surface area (Å²) in [5.41, 5.74) is 0.854. The van der Waals surface area contributed by atoms with Gasteiger partial charge in [-0.25, -0.2) is 4.79 Å². The van der Waals surface area contributed by atoms with Crippen molar-refractivity contribution < 1.29 is 14.6 Å². The van der Waals surface area contributed by atoms with Crippen molar-refractivity contribution in [2.75, 3.05) is 6.61 Å². The second-order valence-electron chi connectivity index (χ2n) is 3.41. The predicted octanol–water partition coefficient (Wildman–Crippen LogP) is 2.25. The zero-order chi connectivity index (χ0) is 12.1. The van der Waals surface area contributed by atoms with Crippen molar-refractivity contribution in [3.05, 3.63) is 48.7 Å². The molecule has 4 heteroatoms. The fraction of sp³-hybridized carbons (Fsp3) is 0.0769. The third kappa shape index (κ3) is 3.04. The number of nitrogens with zero attached hydrogens (tertiary/aromatic N) is 1. The summed E-state index contributed by atoms with van der Waals surface area (Å²) in [6.07, 6.45) is 4.22. The molecule has 0 fully saturated rings. The van der Waals surface area contributed by atoms with Gasteiger partial charge in [-0.15, -0.1) is 0 Å². The fourth-order valence-corrected chi connectivity index (χ4v) is 1.43. The lowest BCUT2D eigenvalue weighted by atomic mass is 10.2. The number of benzene rings is 1. The summed E-state index contributed by atoms with van der Waals surface area (Å²) < 4.78 is 5.37. The highest BCUT2D eigenvalue weighted by Crippen LogP contribution is 2.18. The van der Waals surface area contributed by atoms with E-state index in [0.717, 1.165) is 17.0 Å². The van der Waals surface area contributed by atoms with Gasteiger partial charge in [0.2, 0.25) is 0 Å². The van der Waals surface area contributed by atoms with Crippen molar-refractivity contribution in [3.63, 3.8) is 0 Å². The van der Waals surface area contributed by atoms with Crippen molar-refractivity contribution in [1.29, 1.82) is 0 Å². The number of hydrogen-bond donors (Lipinski definition) is 1. The largest absolute Gasteiger partial charge is 0.489 e.